The van der Waals surface area contributed by atoms with E-state index in [9.17, 15) is 14.3 Å². The van der Waals surface area contributed by atoms with Crippen LogP contribution in [-0.2, 0) is 10.3 Å². The predicted octanol–water partition coefficient (Wildman–Crippen LogP) is 2.65. The Morgan fingerprint density at radius 2 is 2.11 bits per heavy atom. The molecule has 1 saturated carbocycles. The second-order valence-corrected chi connectivity index (χ2v) is 4.45. The molecule has 1 N–H and O–H groups in total. The minimum absolute atomic E-state index is 0.0733. The average molecular weight is 251 g/mol. The van der Waals surface area contributed by atoms with Crippen molar-refractivity contribution in [2.45, 2.75) is 31.2 Å². The maximum atomic E-state index is 14.1. The summed E-state index contributed by atoms with van der Waals surface area (Å²) in [7, 11) is 1.39. The lowest BCUT2D eigenvalue weighted by Gasteiger charge is -2.24. The molecule has 96 valence electrons. The van der Waals surface area contributed by atoms with Gasteiger partial charge in [0, 0.05) is 12.1 Å². The molecule has 0 saturated heterocycles. The Kier molecular flexibility index (Phi) is 3.34. The Morgan fingerprint density at radius 1 is 1.44 bits per heavy atom. The molecule has 0 bridgehead atoms. The van der Waals surface area contributed by atoms with Crippen LogP contribution < -0.4 is 4.74 Å². The van der Waals surface area contributed by atoms with E-state index >= 15 is 0 Å². The fourth-order valence-electron chi connectivity index (χ4n) is 2.61. The summed E-state index contributed by atoms with van der Waals surface area (Å²) in [6.07, 6.45) is 4.27. The number of benzene rings is 1. The van der Waals surface area contributed by atoms with Gasteiger partial charge in [0.15, 0.2) is 0 Å². The normalized spacial score (nSPS) is 17.2. The third kappa shape index (κ3) is 1.97. The molecule has 18 heavy (non-hydrogen) atoms. The number of phenols is 1. The first kappa shape index (κ1) is 12.6. The van der Waals surface area contributed by atoms with Gasteiger partial charge in [0.1, 0.15) is 22.9 Å². The topological polar surface area (TPSA) is 58.9 Å². The molecule has 1 aromatic rings. The van der Waals surface area contributed by atoms with Gasteiger partial charge in [-0.2, -0.15) is 4.99 Å². The molecule has 1 aliphatic rings. The summed E-state index contributed by atoms with van der Waals surface area (Å²) in [6, 6.07) is 2.52. The van der Waals surface area contributed by atoms with Gasteiger partial charge in [-0.25, -0.2) is 9.18 Å². The first-order valence-electron chi connectivity index (χ1n) is 5.79. The van der Waals surface area contributed by atoms with Crippen LogP contribution in [0.2, 0.25) is 0 Å². The summed E-state index contributed by atoms with van der Waals surface area (Å²) < 4.78 is 19.0. The second kappa shape index (κ2) is 4.78. The van der Waals surface area contributed by atoms with Crippen LogP contribution in [0.5, 0.6) is 11.5 Å². The highest BCUT2D eigenvalue weighted by Gasteiger charge is 2.40. The minimum Gasteiger partial charge on any atom is -0.507 e. The Labute approximate surface area is 104 Å². The van der Waals surface area contributed by atoms with Crippen molar-refractivity contribution in [3.63, 3.8) is 0 Å². The molecule has 5 heteroatoms. The molecule has 0 aromatic heterocycles. The number of hydrogen-bond donors (Lipinski definition) is 1. The molecular formula is C13H14FNO3. The molecule has 4 nitrogen and oxygen atoms in total. The van der Waals surface area contributed by atoms with Crippen molar-refractivity contribution in [3.8, 4) is 11.5 Å². The third-order valence-electron chi connectivity index (χ3n) is 3.43. The van der Waals surface area contributed by atoms with Gasteiger partial charge in [-0.05, 0) is 12.8 Å². The third-order valence-corrected chi connectivity index (χ3v) is 3.43. The summed E-state index contributed by atoms with van der Waals surface area (Å²) in [6.45, 7) is 0. The lowest BCUT2D eigenvalue weighted by Crippen LogP contribution is -2.21. The lowest BCUT2D eigenvalue weighted by atomic mass is 9.87. The quantitative estimate of drug-likeness (QED) is 0.663. The van der Waals surface area contributed by atoms with Gasteiger partial charge in [0.25, 0.3) is 0 Å². The SMILES string of the molecule is COc1cc(O)c(C2(N=C=O)CCCC2)c(F)c1. The summed E-state index contributed by atoms with van der Waals surface area (Å²) in [5.74, 6) is -0.600. The van der Waals surface area contributed by atoms with E-state index in [1.165, 1.54) is 25.3 Å². The maximum absolute atomic E-state index is 14.1. The van der Waals surface area contributed by atoms with Gasteiger partial charge >= 0.3 is 0 Å². The van der Waals surface area contributed by atoms with Crippen LogP contribution in [0.15, 0.2) is 17.1 Å². The van der Waals surface area contributed by atoms with E-state index in [0.717, 1.165) is 12.8 Å². The fourth-order valence-corrected chi connectivity index (χ4v) is 2.61. The predicted molar refractivity (Wildman–Crippen MR) is 62.9 cm³/mol. The molecule has 1 fully saturated rings. The van der Waals surface area contributed by atoms with E-state index in [1.54, 1.807) is 0 Å². The monoisotopic (exact) mass is 251 g/mol. The van der Waals surface area contributed by atoms with Crippen molar-refractivity contribution in [1.29, 1.82) is 0 Å². The Balaban J connectivity index is 2.58. The standard InChI is InChI=1S/C13H14FNO3/c1-18-9-6-10(14)12(11(17)7-9)13(15-8-16)4-2-3-5-13/h6-7,17H,2-5H2,1H3. The van der Waals surface area contributed by atoms with E-state index in [-0.39, 0.29) is 17.1 Å². The second-order valence-electron chi connectivity index (χ2n) is 4.45. The van der Waals surface area contributed by atoms with Crippen LogP contribution in [0.25, 0.3) is 0 Å². The number of isocyanates is 1. The molecule has 0 heterocycles. The molecule has 1 aliphatic carbocycles. The number of hydrogen-bond acceptors (Lipinski definition) is 4. The average Bonchev–Trinajstić information content (AvgIpc) is 2.77. The highest BCUT2D eigenvalue weighted by Crippen LogP contribution is 2.47. The minimum atomic E-state index is -0.970. The van der Waals surface area contributed by atoms with E-state index in [1.807, 2.05) is 0 Å². The van der Waals surface area contributed by atoms with Crippen molar-refractivity contribution in [2.24, 2.45) is 4.99 Å². The van der Waals surface area contributed by atoms with Crippen molar-refractivity contribution in [1.82, 2.24) is 0 Å². The van der Waals surface area contributed by atoms with Crippen molar-refractivity contribution < 1.29 is 19.0 Å². The van der Waals surface area contributed by atoms with E-state index in [0.29, 0.717) is 12.8 Å². The fraction of sp³-hybridized carbons (Fsp3) is 0.462. The molecule has 0 radical (unpaired) electrons. The molecule has 0 unspecified atom stereocenters. The zero-order chi connectivity index (χ0) is 13.2. The van der Waals surface area contributed by atoms with Gasteiger partial charge in [-0.15, -0.1) is 0 Å². The molecular weight excluding hydrogens is 237 g/mol. The number of nitrogens with zero attached hydrogens (tertiary/aromatic N) is 1. The zero-order valence-corrected chi connectivity index (χ0v) is 10.1. The van der Waals surface area contributed by atoms with Crippen LogP contribution in [0.1, 0.15) is 31.2 Å². The number of carbonyl (C=O) groups excluding carboxylic acids is 1. The first-order valence-corrected chi connectivity index (χ1v) is 5.79. The highest BCUT2D eigenvalue weighted by atomic mass is 19.1. The largest absolute Gasteiger partial charge is 0.507 e. The van der Waals surface area contributed by atoms with Crippen LogP contribution >= 0.6 is 0 Å². The van der Waals surface area contributed by atoms with Crippen molar-refractivity contribution in [2.75, 3.05) is 7.11 Å². The summed E-state index contributed by atoms with van der Waals surface area (Å²) >= 11 is 0. The smallest absolute Gasteiger partial charge is 0.235 e. The Hall–Kier alpha value is -1.87. The zero-order valence-electron chi connectivity index (χ0n) is 10.1. The van der Waals surface area contributed by atoms with Crippen LogP contribution in [0.3, 0.4) is 0 Å². The molecule has 1 aromatic carbocycles. The maximum Gasteiger partial charge on any atom is 0.235 e. The number of aromatic hydroxyl groups is 1. The van der Waals surface area contributed by atoms with Gasteiger partial charge in [0.2, 0.25) is 6.08 Å². The summed E-state index contributed by atoms with van der Waals surface area (Å²) in [4.78, 5) is 14.3. The van der Waals surface area contributed by atoms with E-state index in [4.69, 9.17) is 4.74 Å². The molecule has 0 aliphatic heterocycles. The summed E-state index contributed by atoms with van der Waals surface area (Å²) in [5.41, 5.74) is -0.897. The van der Waals surface area contributed by atoms with Crippen LogP contribution in [-0.4, -0.2) is 18.3 Å². The number of phenolic OH excluding ortho intramolecular Hbond substituents is 1. The Bertz CT molecular complexity index is 480. The number of ether oxygens (including phenoxy) is 1. The first-order chi connectivity index (χ1) is 8.63. The van der Waals surface area contributed by atoms with Crippen molar-refractivity contribution >= 4 is 6.08 Å². The van der Waals surface area contributed by atoms with Gasteiger partial charge in [-0.3, -0.25) is 0 Å². The van der Waals surface area contributed by atoms with Gasteiger partial charge < -0.3 is 9.84 Å². The lowest BCUT2D eigenvalue weighted by molar-refractivity contribution is 0.373. The Morgan fingerprint density at radius 3 is 2.61 bits per heavy atom. The van der Waals surface area contributed by atoms with Crippen LogP contribution in [0, 0.1) is 5.82 Å². The van der Waals surface area contributed by atoms with E-state index in [2.05, 4.69) is 4.99 Å². The van der Waals surface area contributed by atoms with Crippen LogP contribution in [0.4, 0.5) is 4.39 Å². The molecule has 2 rings (SSSR count). The number of methoxy groups -OCH3 is 1. The summed E-state index contributed by atoms with van der Waals surface area (Å²) in [5, 5.41) is 9.95. The van der Waals surface area contributed by atoms with Crippen molar-refractivity contribution in [3.05, 3.63) is 23.5 Å². The van der Waals surface area contributed by atoms with Gasteiger partial charge in [0.05, 0.1) is 12.7 Å². The molecule has 0 amide bonds. The number of halogens is 1. The molecule has 0 atom stereocenters. The van der Waals surface area contributed by atoms with E-state index < -0.39 is 11.4 Å². The number of rotatable bonds is 3. The van der Waals surface area contributed by atoms with Gasteiger partial charge in [-0.1, -0.05) is 12.8 Å². The number of aliphatic imine (C=N–C) groups is 1. The molecule has 0 spiro atoms. The highest BCUT2D eigenvalue weighted by molar-refractivity contribution is 5.48.